The second kappa shape index (κ2) is 16.8. The van der Waals surface area contributed by atoms with Gasteiger partial charge in [0.15, 0.2) is 0 Å². The van der Waals surface area contributed by atoms with Gasteiger partial charge in [0.05, 0.1) is 6.61 Å². The largest absolute Gasteiger partial charge is 0.507 e. The Morgan fingerprint density at radius 2 is 0.926 bits per heavy atom. The average molecular weight is 759 g/mol. The summed E-state index contributed by atoms with van der Waals surface area (Å²) in [5.41, 5.74) is 9.17. The van der Waals surface area contributed by atoms with Crippen molar-refractivity contribution < 1.29 is 18.0 Å². The number of rotatable bonds is 5. The van der Waals surface area contributed by atoms with Crippen LogP contribution in [0.5, 0.6) is 5.75 Å². The summed E-state index contributed by atoms with van der Waals surface area (Å²) in [6.07, 6.45) is 12.1. The van der Waals surface area contributed by atoms with Crippen molar-refractivity contribution >= 4 is 30.2 Å². The van der Waals surface area contributed by atoms with E-state index >= 15 is 0 Å². The van der Waals surface area contributed by atoms with Crippen LogP contribution >= 0.6 is 8.24 Å². The molecule has 0 bridgehead atoms. The maximum Gasteiger partial charge on any atom is 0.387 e. The van der Waals surface area contributed by atoms with Crippen LogP contribution in [0.25, 0.3) is 21.9 Å². The molecule has 1 heterocycles. The number of hydrogen-bond donors (Lipinski definition) is 1. The van der Waals surface area contributed by atoms with Crippen molar-refractivity contribution in [1.29, 1.82) is 0 Å². The normalized spacial score (nSPS) is 14.9. The number of aryl methyl sites for hydroxylation is 2. The van der Waals surface area contributed by atoms with E-state index < -0.39 is 8.24 Å². The first-order chi connectivity index (χ1) is 24.8. The van der Waals surface area contributed by atoms with Gasteiger partial charge < -0.3 is 13.5 Å². The van der Waals surface area contributed by atoms with Crippen molar-refractivity contribution in [2.24, 2.45) is 0 Å². The Balaban J connectivity index is 0.000000831. The van der Waals surface area contributed by atoms with Crippen LogP contribution in [-0.2, 0) is 33.5 Å². The number of aromatic hydroxyl groups is 1. The van der Waals surface area contributed by atoms with Crippen molar-refractivity contribution in [2.75, 3.05) is 6.61 Å². The van der Waals surface area contributed by atoms with Crippen molar-refractivity contribution in [1.82, 2.24) is 0 Å². The van der Waals surface area contributed by atoms with Gasteiger partial charge in [0, 0.05) is 21.9 Å². The minimum atomic E-state index is -1.73. The van der Waals surface area contributed by atoms with E-state index in [1.54, 1.807) is 0 Å². The number of phenolic OH excluding ortho intramolecular Hbond substituents is 1. The summed E-state index contributed by atoms with van der Waals surface area (Å²) in [4.78, 5) is 0. The van der Waals surface area contributed by atoms with Gasteiger partial charge in [-0.15, -0.1) is 0 Å². The third kappa shape index (κ3) is 11.2. The molecule has 300 valence electrons. The topological polar surface area (TPSA) is 55.7 Å². The molecule has 1 N–H and O–H groups in total. The zero-order chi connectivity index (χ0) is 40.4. The van der Waals surface area contributed by atoms with Crippen molar-refractivity contribution in [3.63, 3.8) is 0 Å². The molecule has 4 nitrogen and oxygen atoms in total. The fourth-order valence-electron chi connectivity index (χ4n) is 7.28. The summed E-state index contributed by atoms with van der Waals surface area (Å²) < 4.78 is 20.3. The minimum Gasteiger partial charge on any atom is -0.507 e. The highest BCUT2D eigenvalue weighted by atomic mass is 31.1. The lowest BCUT2D eigenvalue weighted by Gasteiger charge is -2.27. The lowest BCUT2D eigenvalue weighted by molar-refractivity contribution is 0.363. The van der Waals surface area contributed by atoms with Crippen LogP contribution in [0.4, 0.5) is 0 Å². The number of hydrogen-bond acceptors (Lipinski definition) is 4. The third-order valence-corrected chi connectivity index (χ3v) is 11.9. The molecular weight excluding hydrogens is 684 g/mol. The molecule has 1 aliphatic carbocycles. The van der Waals surface area contributed by atoms with Gasteiger partial charge >= 0.3 is 8.24 Å². The van der Waals surface area contributed by atoms with Crippen LogP contribution in [0.15, 0.2) is 44.8 Å². The zero-order valence-corrected chi connectivity index (χ0v) is 38.0. The summed E-state index contributed by atoms with van der Waals surface area (Å²) in [5, 5.41) is 12.9. The summed E-state index contributed by atoms with van der Waals surface area (Å²) >= 11 is 0. The Kier molecular flexibility index (Phi) is 13.7. The number of phenols is 1. The minimum absolute atomic E-state index is 0.0441. The predicted molar refractivity (Wildman–Crippen MR) is 235 cm³/mol. The second-order valence-electron chi connectivity index (χ2n) is 21.2. The van der Waals surface area contributed by atoms with Gasteiger partial charge in [-0.1, -0.05) is 173 Å². The molecule has 1 fully saturated rings. The average Bonchev–Trinajstić information content (AvgIpc) is 3.42. The highest BCUT2D eigenvalue weighted by Crippen LogP contribution is 2.45. The first-order valence-corrected chi connectivity index (χ1v) is 21.9. The van der Waals surface area contributed by atoms with E-state index in [-0.39, 0.29) is 27.1 Å². The molecule has 3 aromatic carbocycles. The van der Waals surface area contributed by atoms with Gasteiger partial charge in [-0.3, -0.25) is 4.52 Å². The summed E-state index contributed by atoms with van der Waals surface area (Å²) in [6, 6.07) is 13.5. The first-order valence-electron chi connectivity index (χ1n) is 20.8. The molecule has 1 aromatic heterocycles. The molecule has 1 saturated carbocycles. The fourth-order valence-corrected chi connectivity index (χ4v) is 8.39. The van der Waals surface area contributed by atoms with Crippen LogP contribution in [0.3, 0.4) is 0 Å². The third-order valence-electron chi connectivity index (χ3n) is 10.9. The summed E-state index contributed by atoms with van der Waals surface area (Å²) in [5.74, 6) is 0.395. The van der Waals surface area contributed by atoms with E-state index in [0.29, 0.717) is 12.4 Å². The lowest BCUT2D eigenvalue weighted by Crippen LogP contribution is -2.17. The molecule has 0 unspecified atom stereocenters. The maximum absolute atomic E-state index is 10.7. The quantitative estimate of drug-likeness (QED) is 0.163. The molecule has 5 rings (SSSR count). The predicted octanol–water partition coefficient (Wildman–Crippen LogP) is 15.6. The number of benzene rings is 3. The van der Waals surface area contributed by atoms with Gasteiger partial charge in [0.25, 0.3) is 0 Å². The van der Waals surface area contributed by atoms with Gasteiger partial charge in [0.2, 0.25) is 0 Å². The molecule has 5 heteroatoms. The van der Waals surface area contributed by atoms with E-state index in [0.717, 1.165) is 45.9 Å². The molecule has 0 saturated heterocycles. The van der Waals surface area contributed by atoms with E-state index in [4.69, 9.17) is 12.9 Å². The molecular formula is C49H75O4P. The van der Waals surface area contributed by atoms with Crippen LogP contribution in [0.1, 0.15) is 194 Å². The summed E-state index contributed by atoms with van der Waals surface area (Å²) in [6.45, 7) is 36.1. The Bertz CT molecular complexity index is 1810. The molecule has 0 atom stereocenters. The molecule has 0 spiro atoms. The van der Waals surface area contributed by atoms with E-state index in [2.05, 4.69) is 140 Å². The second-order valence-corrected chi connectivity index (χ2v) is 22.2. The van der Waals surface area contributed by atoms with E-state index in [1.807, 2.05) is 6.92 Å². The molecule has 1 aliphatic rings. The zero-order valence-electron chi connectivity index (χ0n) is 37.2. The fraction of sp³-hybridized carbons (Fsp3) is 0.633. The number of fused-ring (bicyclic) bond motifs is 3. The highest BCUT2D eigenvalue weighted by Gasteiger charge is 2.29. The molecule has 0 radical (unpaired) electrons. The first kappa shape index (κ1) is 44.0. The van der Waals surface area contributed by atoms with Crippen molar-refractivity contribution in [2.45, 2.75) is 196 Å². The summed E-state index contributed by atoms with van der Waals surface area (Å²) in [7, 11) is -1.73. The Morgan fingerprint density at radius 1 is 0.537 bits per heavy atom. The van der Waals surface area contributed by atoms with Gasteiger partial charge in [-0.2, -0.15) is 0 Å². The standard InChI is InChI=1S/C42H61O4P.C7H14/c1-26-20-27(21-32(35(26)43)40(8,9)10)18-17-19-44-47-45-36-30(22-28(38(2,3)4)24-33(36)41(11,12)13)31-23-29(39(5,6)7)25-34(37(31)46-47)42(14,15)16;1-2-4-6-7-5-3-1/h20-25,43H,17-19H2,1-16H3;1-7H2. The van der Waals surface area contributed by atoms with Gasteiger partial charge in [-0.25, -0.2) is 0 Å². The van der Waals surface area contributed by atoms with Crippen molar-refractivity contribution in [3.8, 4) is 5.75 Å². The van der Waals surface area contributed by atoms with Crippen LogP contribution in [0, 0.1) is 6.92 Å². The van der Waals surface area contributed by atoms with E-state index in [1.165, 1.54) is 72.8 Å². The van der Waals surface area contributed by atoms with Gasteiger partial charge in [0.1, 0.15) is 16.9 Å². The SMILES string of the molecule is C1CCCCCC1.Cc1cc(CCCOp2oc3c(C(C)(C)C)cc(C(C)(C)C)cc3c3cc(C(C)(C)C)cc(C(C)(C)C)c3o2)cc(C(C)(C)C)c1O. The monoisotopic (exact) mass is 759 g/mol. The molecule has 0 aliphatic heterocycles. The molecule has 54 heavy (non-hydrogen) atoms. The Labute approximate surface area is 330 Å². The molecule has 0 amide bonds. The Hall–Kier alpha value is -2.68. The van der Waals surface area contributed by atoms with Gasteiger partial charge in [-0.05, 0) is 86.8 Å². The molecule has 4 aromatic rings. The smallest absolute Gasteiger partial charge is 0.387 e. The Morgan fingerprint density at radius 3 is 1.28 bits per heavy atom. The van der Waals surface area contributed by atoms with E-state index in [9.17, 15) is 5.11 Å². The van der Waals surface area contributed by atoms with Crippen LogP contribution < -0.4 is 4.52 Å². The van der Waals surface area contributed by atoms with Crippen LogP contribution in [-0.4, -0.2) is 11.7 Å². The lowest BCUT2D eigenvalue weighted by atomic mass is 9.77. The highest BCUT2D eigenvalue weighted by molar-refractivity contribution is 7.31. The maximum atomic E-state index is 10.7. The van der Waals surface area contributed by atoms with Crippen LogP contribution in [0.2, 0.25) is 0 Å². The van der Waals surface area contributed by atoms with Crippen molar-refractivity contribution in [3.05, 3.63) is 75.3 Å².